The quantitative estimate of drug-likeness (QED) is 0.548. The Bertz CT molecular complexity index is 1430. The molecule has 1 aliphatic carbocycles. The number of sulfone groups is 1. The van der Waals surface area contributed by atoms with Gasteiger partial charge < -0.3 is 15.0 Å². The highest BCUT2D eigenvalue weighted by atomic mass is 32.2. The van der Waals surface area contributed by atoms with Gasteiger partial charge in [0, 0.05) is 12.1 Å². The van der Waals surface area contributed by atoms with Gasteiger partial charge in [-0.05, 0) is 55.7 Å². The van der Waals surface area contributed by atoms with Crippen LogP contribution in [-0.2, 0) is 25.5 Å². The van der Waals surface area contributed by atoms with Crippen molar-refractivity contribution in [2.24, 2.45) is 0 Å². The molecule has 1 N–H and O–H groups in total. The largest absolute Gasteiger partial charge is 0.465 e. The average Bonchev–Trinajstić information content (AvgIpc) is 3.52. The molecule has 2 fully saturated rings. The molecule has 1 aliphatic heterocycles. The summed E-state index contributed by atoms with van der Waals surface area (Å²) in [5.74, 6) is -2.18. The maximum Gasteiger partial charge on any atom is 0.417 e. The van der Waals surface area contributed by atoms with Crippen molar-refractivity contribution < 1.29 is 40.7 Å². The predicted octanol–water partition coefficient (Wildman–Crippen LogP) is 2.72. The third kappa shape index (κ3) is 5.08. The second-order valence-corrected chi connectivity index (χ2v) is 11.3. The van der Waals surface area contributed by atoms with Crippen LogP contribution in [0.2, 0.25) is 0 Å². The van der Waals surface area contributed by atoms with E-state index in [9.17, 15) is 41.2 Å². The van der Waals surface area contributed by atoms with E-state index < -0.39 is 74.1 Å². The molecule has 2 aromatic rings. The summed E-state index contributed by atoms with van der Waals surface area (Å²) in [6, 6.07) is 9.56. The van der Waals surface area contributed by atoms with Crippen molar-refractivity contribution in [1.29, 1.82) is 5.26 Å². The van der Waals surface area contributed by atoms with Crippen LogP contribution in [0.3, 0.4) is 0 Å². The molecule has 4 rings (SSSR count). The molecule has 1 saturated carbocycles. The highest BCUT2D eigenvalue weighted by Crippen LogP contribution is 2.39. The van der Waals surface area contributed by atoms with Crippen LogP contribution in [0, 0.1) is 11.3 Å². The fourth-order valence-electron chi connectivity index (χ4n) is 4.37. The fourth-order valence-corrected chi connectivity index (χ4v) is 6.28. The van der Waals surface area contributed by atoms with Crippen molar-refractivity contribution in [3.05, 3.63) is 65.2 Å². The van der Waals surface area contributed by atoms with Crippen molar-refractivity contribution in [1.82, 2.24) is 10.2 Å². The summed E-state index contributed by atoms with van der Waals surface area (Å²) >= 11 is 0. The van der Waals surface area contributed by atoms with Gasteiger partial charge in [0.15, 0.2) is 9.84 Å². The molecule has 200 valence electrons. The smallest absolute Gasteiger partial charge is 0.417 e. The minimum atomic E-state index is -4.94. The van der Waals surface area contributed by atoms with Gasteiger partial charge in [0.1, 0.15) is 11.6 Å². The molecule has 1 heterocycles. The number of likely N-dealkylation sites (tertiary alicyclic amines) is 1. The van der Waals surface area contributed by atoms with E-state index in [1.807, 2.05) is 6.07 Å². The summed E-state index contributed by atoms with van der Waals surface area (Å²) in [4.78, 5) is 38.3. The number of carbonyl (C=O) groups is 3. The molecule has 0 bridgehead atoms. The summed E-state index contributed by atoms with van der Waals surface area (Å²) in [6.45, 7) is -0.552. The van der Waals surface area contributed by atoms with E-state index in [1.54, 1.807) is 0 Å². The number of carbonyl (C=O) groups excluding carboxylic acids is 3. The van der Waals surface area contributed by atoms with Gasteiger partial charge in [-0.3, -0.25) is 9.59 Å². The number of nitrogens with zero attached hydrogens (tertiary/aromatic N) is 2. The first kappa shape index (κ1) is 27.1. The number of halogens is 3. The lowest BCUT2D eigenvalue weighted by Crippen LogP contribution is -2.49. The standard InChI is InChI=1S/C25H22F3N3O6S/c1-37-23(34)16-8-6-15(7-9-16)22(33)31-13-17(12-19(31)21(32)30-24(14-29)10-11-24)38(35,36)20-5-3-2-4-18(20)25(26,27)28/h2-9,17,19H,10-13H2,1H3,(H,30,32)/t17-,19+/m1/s1. The van der Waals surface area contributed by atoms with Gasteiger partial charge in [-0.25, -0.2) is 13.2 Å². The maximum atomic E-state index is 13.6. The monoisotopic (exact) mass is 549 g/mol. The Morgan fingerprint density at radius 3 is 2.24 bits per heavy atom. The number of methoxy groups -OCH3 is 1. The Labute approximate surface area is 216 Å². The Hall–Kier alpha value is -3.92. The minimum absolute atomic E-state index is 0.0191. The second kappa shape index (κ2) is 9.75. The Kier molecular flexibility index (Phi) is 6.96. The third-order valence-electron chi connectivity index (χ3n) is 6.64. The Balaban J connectivity index is 1.69. The van der Waals surface area contributed by atoms with Crippen molar-refractivity contribution in [2.45, 2.75) is 47.2 Å². The number of alkyl halides is 3. The zero-order valence-corrected chi connectivity index (χ0v) is 20.8. The minimum Gasteiger partial charge on any atom is -0.465 e. The van der Waals surface area contributed by atoms with Gasteiger partial charge in [-0.15, -0.1) is 0 Å². The maximum absolute atomic E-state index is 13.6. The van der Waals surface area contributed by atoms with Gasteiger partial charge in [-0.2, -0.15) is 18.4 Å². The molecular weight excluding hydrogens is 527 g/mol. The first-order valence-electron chi connectivity index (χ1n) is 11.5. The fraction of sp³-hybridized carbons (Fsp3) is 0.360. The van der Waals surface area contributed by atoms with E-state index in [2.05, 4.69) is 10.1 Å². The number of ether oxygens (including phenoxy) is 1. The molecular formula is C25H22F3N3O6S. The number of hydrogen-bond donors (Lipinski definition) is 1. The number of nitrogens with one attached hydrogen (secondary N) is 1. The molecule has 2 aromatic carbocycles. The normalized spacial score (nSPS) is 20.3. The molecule has 2 atom stereocenters. The number of esters is 1. The van der Waals surface area contributed by atoms with Crippen molar-refractivity contribution in [2.75, 3.05) is 13.7 Å². The molecule has 0 radical (unpaired) electrons. The topological polar surface area (TPSA) is 134 Å². The molecule has 0 aromatic heterocycles. The molecule has 9 nitrogen and oxygen atoms in total. The Morgan fingerprint density at radius 1 is 1.08 bits per heavy atom. The number of hydrogen-bond acceptors (Lipinski definition) is 7. The summed E-state index contributed by atoms with van der Waals surface area (Å²) in [7, 11) is -3.46. The highest BCUT2D eigenvalue weighted by molar-refractivity contribution is 7.92. The van der Waals surface area contributed by atoms with E-state index in [1.165, 1.54) is 31.4 Å². The second-order valence-electron chi connectivity index (χ2n) is 9.12. The summed E-state index contributed by atoms with van der Waals surface area (Å²) in [5, 5.41) is 10.4. The Morgan fingerprint density at radius 2 is 1.68 bits per heavy atom. The van der Waals surface area contributed by atoms with Gasteiger partial charge >= 0.3 is 12.1 Å². The summed E-state index contributed by atoms with van der Waals surface area (Å²) in [6.07, 6.45) is -4.65. The van der Waals surface area contributed by atoms with Crippen LogP contribution >= 0.6 is 0 Å². The lowest BCUT2D eigenvalue weighted by molar-refractivity contribution is -0.139. The van der Waals surface area contributed by atoms with E-state index in [-0.39, 0.29) is 11.1 Å². The molecule has 0 unspecified atom stereocenters. The number of amides is 2. The summed E-state index contributed by atoms with van der Waals surface area (Å²) < 4.78 is 72.2. The zero-order chi connectivity index (χ0) is 27.9. The number of rotatable bonds is 6. The van der Waals surface area contributed by atoms with Crippen LogP contribution in [-0.4, -0.2) is 61.6 Å². The van der Waals surface area contributed by atoms with Crippen LogP contribution in [0.1, 0.15) is 45.5 Å². The van der Waals surface area contributed by atoms with Gasteiger partial charge in [0.25, 0.3) is 5.91 Å². The molecule has 2 amide bonds. The average molecular weight is 550 g/mol. The van der Waals surface area contributed by atoms with E-state index in [4.69, 9.17) is 0 Å². The highest BCUT2D eigenvalue weighted by Gasteiger charge is 2.51. The van der Waals surface area contributed by atoms with E-state index in [0.717, 1.165) is 23.1 Å². The molecule has 0 spiro atoms. The first-order chi connectivity index (χ1) is 17.8. The first-order valence-corrected chi connectivity index (χ1v) is 13.0. The van der Waals surface area contributed by atoms with Crippen LogP contribution in [0.5, 0.6) is 0 Å². The van der Waals surface area contributed by atoms with E-state index >= 15 is 0 Å². The molecule has 2 aliphatic rings. The van der Waals surface area contributed by atoms with Crippen molar-refractivity contribution in [3.63, 3.8) is 0 Å². The predicted molar refractivity (Wildman–Crippen MR) is 125 cm³/mol. The van der Waals surface area contributed by atoms with Crippen molar-refractivity contribution in [3.8, 4) is 6.07 Å². The van der Waals surface area contributed by atoms with Crippen molar-refractivity contribution >= 4 is 27.6 Å². The lowest BCUT2D eigenvalue weighted by atomic mass is 10.1. The SMILES string of the molecule is COC(=O)c1ccc(C(=O)N2C[C@H](S(=O)(=O)c3ccccc3C(F)(F)F)C[C@H]2C(=O)NC2(C#N)CC2)cc1. The lowest BCUT2D eigenvalue weighted by Gasteiger charge is -2.25. The molecule has 1 saturated heterocycles. The van der Waals surface area contributed by atoms with Crippen LogP contribution < -0.4 is 5.32 Å². The molecule has 13 heteroatoms. The van der Waals surface area contributed by atoms with Crippen LogP contribution in [0.25, 0.3) is 0 Å². The number of benzene rings is 2. The third-order valence-corrected chi connectivity index (χ3v) is 8.83. The number of nitriles is 1. The van der Waals surface area contributed by atoms with Gasteiger partial charge in [-0.1, -0.05) is 12.1 Å². The van der Waals surface area contributed by atoms with Crippen LogP contribution in [0.15, 0.2) is 53.4 Å². The molecule has 38 heavy (non-hydrogen) atoms. The van der Waals surface area contributed by atoms with E-state index in [0.29, 0.717) is 18.9 Å². The zero-order valence-electron chi connectivity index (χ0n) is 20.0. The van der Waals surface area contributed by atoms with Gasteiger partial charge in [0.2, 0.25) is 5.91 Å². The van der Waals surface area contributed by atoms with Crippen LogP contribution in [0.4, 0.5) is 13.2 Å². The van der Waals surface area contributed by atoms with Gasteiger partial charge in [0.05, 0.1) is 34.5 Å². The summed E-state index contributed by atoms with van der Waals surface area (Å²) in [5.41, 5.74) is -2.29.